The molecule has 0 bridgehead atoms. The van der Waals surface area contributed by atoms with Crippen molar-refractivity contribution in [1.82, 2.24) is 15.0 Å². The van der Waals surface area contributed by atoms with E-state index in [-0.39, 0.29) is 6.61 Å². The van der Waals surface area contributed by atoms with Crippen molar-refractivity contribution >= 4 is 0 Å². The highest BCUT2D eigenvalue weighted by Crippen LogP contribution is 2.09. The Labute approximate surface area is 94.5 Å². The molecule has 0 atom stereocenters. The van der Waals surface area contributed by atoms with Crippen molar-refractivity contribution in [2.24, 2.45) is 0 Å². The molecule has 0 aliphatic rings. The van der Waals surface area contributed by atoms with E-state index in [1.165, 1.54) is 5.56 Å². The molecule has 0 unspecified atom stereocenters. The van der Waals surface area contributed by atoms with Crippen LogP contribution in [0.5, 0.6) is 0 Å². The van der Waals surface area contributed by atoms with Crippen LogP contribution in [0.3, 0.4) is 0 Å². The van der Waals surface area contributed by atoms with Gasteiger partial charge in [0.05, 0.1) is 18.8 Å². The van der Waals surface area contributed by atoms with Gasteiger partial charge in [0, 0.05) is 0 Å². The van der Waals surface area contributed by atoms with Gasteiger partial charge in [-0.1, -0.05) is 42.5 Å². The second-order valence-corrected chi connectivity index (χ2v) is 3.64. The summed E-state index contributed by atoms with van der Waals surface area (Å²) in [5.74, 6) is 0. The fourth-order valence-corrected chi connectivity index (χ4v) is 1.76. The number of aromatic nitrogens is 3. The SMILES string of the molecule is CCc1c(CO)nnn1Cc1ccccc1. The Morgan fingerprint density at radius 2 is 2.00 bits per heavy atom. The highest BCUT2D eigenvalue weighted by atomic mass is 16.3. The van der Waals surface area contributed by atoms with Crippen LogP contribution in [0.25, 0.3) is 0 Å². The smallest absolute Gasteiger partial charge is 0.111 e. The Morgan fingerprint density at radius 1 is 1.25 bits per heavy atom. The Bertz CT molecular complexity index is 451. The monoisotopic (exact) mass is 217 g/mol. The number of aliphatic hydroxyl groups is 1. The summed E-state index contributed by atoms with van der Waals surface area (Å²) >= 11 is 0. The largest absolute Gasteiger partial charge is 0.390 e. The molecule has 0 spiro atoms. The molecule has 0 radical (unpaired) electrons. The average molecular weight is 217 g/mol. The lowest BCUT2D eigenvalue weighted by Gasteiger charge is -2.05. The van der Waals surface area contributed by atoms with Gasteiger partial charge in [-0.2, -0.15) is 0 Å². The maximum Gasteiger partial charge on any atom is 0.111 e. The van der Waals surface area contributed by atoms with Crippen molar-refractivity contribution < 1.29 is 5.11 Å². The van der Waals surface area contributed by atoms with Crippen molar-refractivity contribution in [3.8, 4) is 0 Å². The quantitative estimate of drug-likeness (QED) is 0.841. The van der Waals surface area contributed by atoms with E-state index in [1.807, 2.05) is 29.8 Å². The van der Waals surface area contributed by atoms with Gasteiger partial charge in [-0.15, -0.1) is 5.10 Å². The number of aliphatic hydroxyl groups excluding tert-OH is 1. The molecule has 4 heteroatoms. The summed E-state index contributed by atoms with van der Waals surface area (Å²) in [6.07, 6.45) is 0.829. The third kappa shape index (κ3) is 2.12. The predicted molar refractivity (Wildman–Crippen MR) is 60.9 cm³/mol. The zero-order valence-corrected chi connectivity index (χ0v) is 9.30. The van der Waals surface area contributed by atoms with Gasteiger partial charge in [0.15, 0.2) is 0 Å². The number of hydrogen-bond donors (Lipinski definition) is 1. The third-order valence-electron chi connectivity index (χ3n) is 2.58. The highest BCUT2D eigenvalue weighted by Gasteiger charge is 2.09. The molecule has 0 aliphatic heterocycles. The number of nitrogens with zero attached hydrogens (tertiary/aromatic N) is 3. The van der Waals surface area contributed by atoms with Gasteiger partial charge >= 0.3 is 0 Å². The summed E-state index contributed by atoms with van der Waals surface area (Å²) in [6, 6.07) is 10.1. The predicted octanol–water partition coefficient (Wildman–Crippen LogP) is 1.38. The first kappa shape index (κ1) is 10.8. The van der Waals surface area contributed by atoms with Crippen molar-refractivity contribution in [2.75, 3.05) is 0 Å². The lowest BCUT2D eigenvalue weighted by Crippen LogP contribution is -2.06. The van der Waals surface area contributed by atoms with E-state index in [2.05, 4.69) is 22.4 Å². The maximum atomic E-state index is 9.11. The van der Waals surface area contributed by atoms with Crippen LogP contribution in [0.1, 0.15) is 23.9 Å². The Kier molecular flexibility index (Phi) is 3.31. The molecule has 2 aromatic rings. The minimum atomic E-state index is -0.0437. The first-order chi connectivity index (χ1) is 7.85. The maximum absolute atomic E-state index is 9.11. The summed E-state index contributed by atoms with van der Waals surface area (Å²) in [6.45, 7) is 2.70. The number of hydrogen-bond acceptors (Lipinski definition) is 3. The van der Waals surface area contributed by atoms with Crippen molar-refractivity contribution in [1.29, 1.82) is 0 Å². The van der Waals surface area contributed by atoms with Crippen LogP contribution >= 0.6 is 0 Å². The highest BCUT2D eigenvalue weighted by molar-refractivity contribution is 5.17. The molecule has 2 rings (SSSR count). The molecule has 0 aliphatic carbocycles. The summed E-state index contributed by atoms with van der Waals surface area (Å²) in [5.41, 5.74) is 2.87. The minimum Gasteiger partial charge on any atom is -0.390 e. The average Bonchev–Trinajstić information content (AvgIpc) is 2.72. The molecule has 0 amide bonds. The van der Waals surface area contributed by atoms with Crippen molar-refractivity contribution in [3.63, 3.8) is 0 Å². The summed E-state index contributed by atoms with van der Waals surface area (Å²) in [5, 5.41) is 17.1. The van der Waals surface area contributed by atoms with Crippen LogP contribution in [0, 0.1) is 0 Å². The van der Waals surface area contributed by atoms with Crippen LogP contribution < -0.4 is 0 Å². The van der Waals surface area contributed by atoms with Gasteiger partial charge in [0.25, 0.3) is 0 Å². The number of rotatable bonds is 4. The van der Waals surface area contributed by atoms with E-state index in [9.17, 15) is 0 Å². The zero-order valence-electron chi connectivity index (χ0n) is 9.30. The standard InChI is InChI=1S/C12H15N3O/c1-2-12-11(9-16)13-14-15(12)8-10-6-4-3-5-7-10/h3-7,16H,2,8-9H2,1H3. The molecular formula is C12H15N3O. The molecule has 0 saturated carbocycles. The zero-order chi connectivity index (χ0) is 11.4. The normalized spacial score (nSPS) is 10.6. The Hall–Kier alpha value is -1.68. The molecule has 0 fully saturated rings. The summed E-state index contributed by atoms with van der Waals surface area (Å²) < 4.78 is 1.85. The van der Waals surface area contributed by atoms with Gasteiger partial charge in [0.1, 0.15) is 5.69 Å². The molecular weight excluding hydrogens is 202 g/mol. The van der Waals surface area contributed by atoms with E-state index >= 15 is 0 Å². The molecule has 16 heavy (non-hydrogen) atoms. The third-order valence-corrected chi connectivity index (χ3v) is 2.58. The minimum absolute atomic E-state index is 0.0437. The first-order valence-corrected chi connectivity index (χ1v) is 5.41. The fraction of sp³-hybridized carbons (Fsp3) is 0.333. The van der Waals surface area contributed by atoms with E-state index < -0.39 is 0 Å². The first-order valence-electron chi connectivity index (χ1n) is 5.41. The molecule has 1 aromatic heterocycles. The van der Waals surface area contributed by atoms with Crippen molar-refractivity contribution in [3.05, 3.63) is 47.3 Å². The summed E-state index contributed by atoms with van der Waals surface area (Å²) in [4.78, 5) is 0. The molecule has 1 N–H and O–H groups in total. The molecule has 84 valence electrons. The molecule has 1 aromatic carbocycles. The van der Waals surface area contributed by atoms with Crippen LogP contribution in [0.4, 0.5) is 0 Å². The van der Waals surface area contributed by atoms with E-state index in [1.54, 1.807) is 0 Å². The van der Waals surface area contributed by atoms with E-state index in [0.29, 0.717) is 12.2 Å². The lowest BCUT2D eigenvalue weighted by molar-refractivity contribution is 0.275. The summed E-state index contributed by atoms with van der Waals surface area (Å²) in [7, 11) is 0. The number of benzene rings is 1. The lowest BCUT2D eigenvalue weighted by atomic mass is 10.2. The van der Waals surface area contributed by atoms with E-state index in [4.69, 9.17) is 5.11 Å². The second kappa shape index (κ2) is 4.90. The topological polar surface area (TPSA) is 50.9 Å². The van der Waals surface area contributed by atoms with Crippen LogP contribution in [0.15, 0.2) is 30.3 Å². The Balaban J connectivity index is 2.25. The molecule has 1 heterocycles. The van der Waals surface area contributed by atoms with Crippen LogP contribution in [-0.2, 0) is 19.6 Å². The molecule has 0 saturated heterocycles. The van der Waals surface area contributed by atoms with E-state index in [0.717, 1.165) is 12.1 Å². The van der Waals surface area contributed by atoms with Gasteiger partial charge in [-0.05, 0) is 12.0 Å². The van der Waals surface area contributed by atoms with Gasteiger partial charge in [-0.3, -0.25) is 0 Å². The van der Waals surface area contributed by atoms with Gasteiger partial charge in [0.2, 0.25) is 0 Å². The Morgan fingerprint density at radius 3 is 2.62 bits per heavy atom. The second-order valence-electron chi connectivity index (χ2n) is 3.64. The molecule has 4 nitrogen and oxygen atoms in total. The van der Waals surface area contributed by atoms with Gasteiger partial charge < -0.3 is 5.11 Å². The van der Waals surface area contributed by atoms with Crippen molar-refractivity contribution in [2.45, 2.75) is 26.5 Å². The van der Waals surface area contributed by atoms with Crippen LogP contribution in [0.2, 0.25) is 0 Å². The fourth-order valence-electron chi connectivity index (χ4n) is 1.76. The van der Waals surface area contributed by atoms with Gasteiger partial charge in [-0.25, -0.2) is 4.68 Å². The van der Waals surface area contributed by atoms with Crippen LogP contribution in [-0.4, -0.2) is 20.1 Å².